The van der Waals surface area contributed by atoms with Gasteiger partial charge in [-0.1, -0.05) is 30.3 Å². The summed E-state index contributed by atoms with van der Waals surface area (Å²) in [6.45, 7) is 5.39. The third kappa shape index (κ3) is 4.39. The van der Waals surface area contributed by atoms with Crippen molar-refractivity contribution in [1.29, 1.82) is 0 Å². The smallest absolute Gasteiger partial charge is 0.240 e. The Morgan fingerprint density at radius 1 is 1.22 bits per heavy atom. The molecule has 0 bridgehead atoms. The lowest BCUT2D eigenvalue weighted by molar-refractivity contribution is -0.116. The van der Waals surface area contributed by atoms with E-state index in [1.165, 1.54) is 12.5 Å². The fourth-order valence-corrected chi connectivity index (χ4v) is 5.00. The van der Waals surface area contributed by atoms with Gasteiger partial charge in [0.2, 0.25) is 15.9 Å². The highest BCUT2D eigenvalue weighted by Gasteiger charge is 2.30. The maximum Gasteiger partial charge on any atom is 0.240 e. The highest BCUT2D eigenvalue weighted by molar-refractivity contribution is 7.89. The number of amides is 1. The second-order valence-corrected chi connectivity index (χ2v) is 8.99. The first kappa shape index (κ1) is 19.6. The predicted octanol–water partition coefficient (Wildman–Crippen LogP) is 3.28. The summed E-state index contributed by atoms with van der Waals surface area (Å²) < 4.78 is 28.3. The Labute approximate surface area is 161 Å². The number of fused-ring (bicyclic) bond motifs is 1. The van der Waals surface area contributed by atoms with Gasteiger partial charge in [-0.05, 0) is 62.4 Å². The molecule has 0 aromatic heterocycles. The second kappa shape index (κ2) is 7.82. The van der Waals surface area contributed by atoms with Crippen molar-refractivity contribution in [2.75, 3.05) is 4.90 Å². The third-order valence-electron chi connectivity index (χ3n) is 4.98. The number of rotatable bonds is 6. The van der Waals surface area contributed by atoms with Crippen LogP contribution in [0.2, 0.25) is 0 Å². The molecular formula is C21H26N2O3S. The van der Waals surface area contributed by atoms with Crippen LogP contribution in [0.3, 0.4) is 0 Å². The number of anilines is 1. The number of aryl methyl sites for hydroxylation is 1. The van der Waals surface area contributed by atoms with Gasteiger partial charge >= 0.3 is 0 Å². The molecule has 1 aliphatic rings. The Kier molecular flexibility index (Phi) is 5.67. The first-order valence-corrected chi connectivity index (χ1v) is 10.7. The van der Waals surface area contributed by atoms with Gasteiger partial charge in [0.15, 0.2) is 0 Å². The lowest BCUT2D eigenvalue weighted by atomic mass is 10.1. The molecule has 1 amide bonds. The normalized spacial score (nSPS) is 17.6. The molecule has 27 heavy (non-hydrogen) atoms. The summed E-state index contributed by atoms with van der Waals surface area (Å²) in [5, 5.41) is 0. The predicted molar refractivity (Wildman–Crippen MR) is 107 cm³/mol. The summed E-state index contributed by atoms with van der Waals surface area (Å²) in [6, 6.07) is 14.9. The monoisotopic (exact) mass is 386 g/mol. The van der Waals surface area contributed by atoms with Gasteiger partial charge in [-0.2, -0.15) is 0 Å². The quantitative estimate of drug-likeness (QED) is 0.828. The standard InChI is InChI=1S/C21H26N2O3S/c1-15(9-10-18-7-5-4-6-8-18)22-27(25,26)20-11-12-21-19(14-20)13-16(2)23(21)17(3)24/h4-8,11-12,14-16,22H,9-10,13H2,1-3H3. The summed E-state index contributed by atoms with van der Waals surface area (Å²) in [6.07, 6.45) is 2.21. The molecule has 2 unspecified atom stereocenters. The van der Waals surface area contributed by atoms with Crippen LogP contribution in [0.15, 0.2) is 53.4 Å². The van der Waals surface area contributed by atoms with Crippen LogP contribution in [0.1, 0.15) is 38.3 Å². The van der Waals surface area contributed by atoms with Crippen LogP contribution >= 0.6 is 0 Å². The Morgan fingerprint density at radius 2 is 1.93 bits per heavy atom. The van der Waals surface area contributed by atoms with Gasteiger partial charge in [0.1, 0.15) is 0 Å². The molecule has 3 rings (SSSR count). The van der Waals surface area contributed by atoms with Crippen LogP contribution in [0, 0.1) is 0 Å². The van der Waals surface area contributed by atoms with E-state index in [0.717, 1.165) is 24.1 Å². The van der Waals surface area contributed by atoms with Gasteiger partial charge in [0, 0.05) is 24.7 Å². The number of nitrogens with zero attached hydrogens (tertiary/aromatic N) is 1. The molecule has 0 radical (unpaired) electrons. The second-order valence-electron chi connectivity index (χ2n) is 7.28. The number of nitrogens with one attached hydrogen (secondary N) is 1. The number of sulfonamides is 1. The van der Waals surface area contributed by atoms with Gasteiger partial charge in [-0.3, -0.25) is 4.79 Å². The van der Waals surface area contributed by atoms with Crippen molar-refractivity contribution in [1.82, 2.24) is 4.72 Å². The number of hydrogen-bond donors (Lipinski definition) is 1. The van der Waals surface area contributed by atoms with Gasteiger partial charge < -0.3 is 4.90 Å². The van der Waals surface area contributed by atoms with Gasteiger partial charge in [-0.25, -0.2) is 13.1 Å². The van der Waals surface area contributed by atoms with E-state index in [4.69, 9.17) is 0 Å². The van der Waals surface area contributed by atoms with E-state index in [1.807, 2.05) is 44.2 Å². The number of carbonyl (C=O) groups excluding carboxylic acids is 1. The molecule has 1 N–H and O–H groups in total. The molecule has 6 heteroatoms. The molecule has 144 valence electrons. The van der Waals surface area contributed by atoms with Crippen molar-refractivity contribution in [3.63, 3.8) is 0 Å². The van der Waals surface area contributed by atoms with E-state index in [2.05, 4.69) is 4.72 Å². The van der Waals surface area contributed by atoms with E-state index >= 15 is 0 Å². The maximum absolute atomic E-state index is 12.8. The SMILES string of the molecule is CC(=O)N1c2ccc(S(=O)(=O)NC(C)CCc3ccccc3)cc2CC1C. The lowest BCUT2D eigenvalue weighted by Gasteiger charge is -2.20. The van der Waals surface area contributed by atoms with Crippen molar-refractivity contribution in [3.8, 4) is 0 Å². The van der Waals surface area contributed by atoms with Crippen LogP contribution in [-0.4, -0.2) is 26.4 Å². The Balaban J connectivity index is 1.70. The topological polar surface area (TPSA) is 66.5 Å². The number of benzene rings is 2. The van der Waals surface area contributed by atoms with E-state index in [0.29, 0.717) is 6.42 Å². The fraction of sp³-hybridized carbons (Fsp3) is 0.381. The van der Waals surface area contributed by atoms with Gasteiger partial charge in [0.25, 0.3) is 0 Å². The molecule has 0 saturated carbocycles. The van der Waals surface area contributed by atoms with Crippen molar-refractivity contribution < 1.29 is 13.2 Å². The van der Waals surface area contributed by atoms with Crippen LogP contribution in [-0.2, 0) is 27.7 Å². The molecular weight excluding hydrogens is 360 g/mol. The highest BCUT2D eigenvalue weighted by atomic mass is 32.2. The van der Waals surface area contributed by atoms with E-state index in [-0.39, 0.29) is 22.9 Å². The summed E-state index contributed by atoms with van der Waals surface area (Å²) in [4.78, 5) is 13.8. The molecule has 0 aliphatic carbocycles. The maximum atomic E-state index is 12.8. The van der Waals surface area contributed by atoms with Crippen LogP contribution in [0.4, 0.5) is 5.69 Å². The number of carbonyl (C=O) groups is 1. The molecule has 1 heterocycles. The van der Waals surface area contributed by atoms with Gasteiger partial charge in [0.05, 0.1) is 4.90 Å². The van der Waals surface area contributed by atoms with Crippen LogP contribution < -0.4 is 9.62 Å². The molecule has 2 aromatic rings. The van der Waals surface area contributed by atoms with Crippen molar-refractivity contribution in [2.24, 2.45) is 0 Å². The first-order chi connectivity index (χ1) is 12.8. The van der Waals surface area contributed by atoms with Crippen LogP contribution in [0.25, 0.3) is 0 Å². The molecule has 0 spiro atoms. The van der Waals surface area contributed by atoms with E-state index < -0.39 is 10.0 Å². The first-order valence-electron chi connectivity index (χ1n) is 9.27. The zero-order chi connectivity index (χ0) is 19.6. The van der Waals surface area contributed by atoms with Gasteiger partial charge in [-0.15, -0.1) is 0 Å². The molecule has 2 aromatic carbocycles. The molecule has 0 fully saturated rings. The number of hydrogen-bond acceptors (Lipinski definition) is 3. The van der Waals surface area contributed by atoms with Crippen LogP contribution in [0.5, 0.6) is 0 Å². The molecule has 2 atom stereocenters. The lowest BCUT2D eigenvalue weighted by Crippen LogP contribution is -2.33. The zero-order valence-corrected chi connectivity index (χ0v) is 16.8. The van der Waals surface area contributed by atoms with E-state index in [1.54, 1.807) is 23.1 Å². The summed E-state index contributed by atoms with van der Waals surface area (Å²) >= 11 is 0. The Hall–Kier alpha value is -2.18. The fourth-order valence-electron chi connectivity index (χ4n) is 3.67. The summed E-state index contributed by atoms with van der Waals surface area (Å²) in [5.41, 5.74) is 2.91. The molecule has 5 nitrogen and oxygen atoms in total. The average Bonchev–Trinajstić information content (AvgIpc) is 2.95. The zero-order valence-electron chi connectivity index (χ0n) is 16.0. The Bertz CT molecular complexity index is 926. The Morgan fingerprint density at radius 3 is 2.59 bits per heavy atom. The highest BCUT2D eigenvalue weighted by Crippen LogP contribution is 2.33. The summed E-state index contributed by atoms with van der Waals surface area (Å²) in [5.74, 6) is -0.0236. The minimum absolute atomic E-state index is 0.0236. The minimum Gasteiger partial charge on any atom is -0.309 e. The minimum atomic E-state index is -3.59. The average molecular weight is 387 g/mol. The summed E-state index contributed by atoms with van der Waals surface area (Å²) in [7, 11) is -3.59. The van der Waals surface area contributed by atoms with Crippen molar-refractivity contribution >= 4 is 21.6 Å². The van der Waals surface area contributed by atoms with Crippen molar-refractivity contribution in [2.45, 2.75) is 57.0 Å². The largest absolute Gasteiger partial charge is 0.309 e. The van der Waals surface area contributed by atoms with Crippen molar-refractivity contribution in [3.05, 3.63) is 59.7 Å². The molecule has 1 aliphatic heterocycles. The molecule has 0 saturated heterocycles. The third-order valence-corrected chi connectivity index (χ3v) is 6.57. The van der Waals surface area contributed by atoms with E-state index in [9.17, 15) is 13.2 Å².